The number of aryl methyl sites for hydroxylation is 1. The first-order valence-electron chi connectivity index (χ1n) is 9.98. The fourth-order valence-electron chi connectivity index (χ4n) is 4.11. The highest BCUT2D eigenvalue weighted by Crippen LogP contribution is 2.49. The largest absolute Gasteiger partial charge is 0.493 e. The second kappa shape index (κ2) is 9.25. The van der Waals surface area contributed by atoms with Gasteiger partial charge in [-0.2, -0.15) is 0 Å². The molecule has 10 heteroatoms. The topological polar surface area (TPSA) is 123 Å². The Morgan fingerprint density at radius 1 is 1.12 bits per heavy atom. The Balaban J connectivity index is 2.31. The molecule has 1 aromatic carbocycles. The van der Waals surface area contributed by atoms with Crippen molar-refractivity contribution in [3.05, 3.63) is 46.7 Å². The highest BCUT2D eigenvalue weighted by Gasteiger charge is 2.33. The quantitative estimate of drug-likeness (QED) is 0.580. The number of fused-ring (bicyclic) bond motifs is 3. The van der Waals surface area contributed by atoms with Gasteiger partial charge >= 0.3 is 0 Å². The van der Waals surface area contributed by atoms with Crippen LogP contribution in [0, 0.1) is 0 Å². The smallest absolute Gasteiger partial charge is 0.229 e. The molecular weight excluding hydrogens is 436 g/mol. The van der Waals surface area contributed by atoms with Gasteiger partial charge in [-0.25, -0.2) is 8.42 Å². The summed E-state index contributed by atoms with van der Waals surface area (Å²) in [5.41, 5.74) is 3.07. The molecule has 1 aromatic rings. The first-order valence-corrected chi connectivity index (χ1v) is 11.9. The molecule has 2 aliphatic carbocycles. The van der Waals surface area contributed by atoms with E-state index in [0.29, 0.717) is 41.2 Å². The number of sulfonamides is 1. The standard InChI is InChI=1S/C22H28N2O7S/c1-12(25)23-16-8-6-13-10-19(29-2)21(30-3)22(31-4)20(13)14-7-9-17(24-32(5,27)28)18(26)11-15(14)16/h7,9-11,16,18,24,26H,6,8H2,1-5H3,(H,23,25)/t16-,18-/m0/s1. The maximum atomic E-state index is 11.9. The fraction of sp³-hybridized carbons (Fsp3) is 0.409. The zero-order valence-electron chi connectivity index (χ0n) is 18.7. The lowest BCUT2D eigenvalue weighted by Crippen LogP contribution is -2.35. The van der Waals surface area contributed by atoms with Gasteiger partial charge in [-0.05, 0) is 47.8 Å². The van der Waals surface area contributed by atoms with Crippen LogP contribution < -0.4 is 24.2 Å². The Labute approximate surface area is 187 Å². The molecule has 3 N–H and O–H groups in total. The molecule has 0 aromatic heterocycles. The van der Waals surface area contributed by atoms with E-state index in [9.17, 15) is 18.3 Å². The van der Waals surface area contributed by atoms with Gasteiger partial charge in [-0.3, -0.25) is 9.52 Å². The van der Waals surface area contributed by atoms with Gasteiger partial charge in [0.05, 0.1) is 39.3 Å². The van der Waals surface area contributed by atoms with E-state index in [-0.39, 0.29) is 11.6 Å². The average molecular weight is 465 g/mol. The summed E-state index contributed by atoms with van der Waals surface area (Å²) >= 11 is 0. The van der Waals surface area contributed by atoms with Gasteiger partial charge in [0, 0.05) is 12.5 Å². The number of carbonyl (C=O) groups is 1. The number of rotatable bonds is 6. The van der Waals surface area contributed by atoms with Crippen molar-refractivity contribution in [2.45, 2.75) is 31.9 Å². The van der Waals surface area contributed by atoms with Crippen molar-refractivity contribution in [1.29, 1.82) is 0 Å². The van der Waals surface area contributed by atoms with Crippen LogP contribution in [0.4, 0.5) is 0 Å². The molecule has 0 fully saturated rings. The monoisotopic (exact) mass is 464 g/mol. The maximum absolute atomic E-state index is 11.9. The second-order valence-electron chi connectivity index (χ2n) is 7.61. The van der Waals surface area contributed by atoms with E-state index in [1.165, 1.54) is 27.2 Å². The minimum Gasteiger partial charge on any atom is -0.493 e. The normalized spacial score (nSPS) is 20.2. The molecular formula is C22H28N2O7S. The molecule has 2 aliphatic rings. The molecule has 0 spiro atoms. The predicted octanol–water partition coefficient (Wildman–Crippen LogP) is 1.28. The number of methoxy groups -OCH3 is 3. The van der Waals surface area contributed by atoms with Gasteiger partial charge in [-0.1, -0.05) is 6.08 Å². The van der Waals surface area contributed by atoms with Crippen LogP contribution in [-0.2, 0) is 21.2 Å². The van der Waals surface area contributed by atoms with Crippen molar-refractivity contribution < 1.29 is 32.5 Å². The lowest BCUT2D eigenvalue weighted by molar-refractivity contribution is -0.119. The number of ether oxygens (including phenoxy) is 3. The van der Waals surface area contributed by atoms with Crippen molar-refractivity contribution >= 4 is 21.5 Å². The zero-order chi connectivity index (χ0) is 23.6. The number of amides is 1. The lowest BCUT2D eigenvalue weighted by Gasteiger charge is -2.23. The van der Waals surface area contributed by atoms with Gasteiger partial charge in [-0.15, -0.1) is 0 Å². The second-order valence-corrected chi connectivity index (χ2v) is 9.36. The molecule has 0 saturated heterocycles. The third-order valence-electron chi connectivity index (χ3n) is 5.34. The van der Waals surface area contributed by atoms with Crippen molar-refractivity contribution in [1.82, 2.24) is 10.0 Å². The zero-order valence-corrected chi connectivity index (χ0v) is 19.5. The van der Waals surface area contributed by atoms with Crippen molar-refractivity contribution in [2.75, 3.05) is 27.6 Å². The minimum absolute atomic E-state index is 0.100. The molecule has 1 amide bonds. The van der Waals surface area contributed by atoms with Gasteiger partial charge in [0.15, 0.2) is 11.5 Å². The number of aliphatic hydroxyl groups is 1. The fourth-order valence-corrected chi connectivity index (χ4v) is 4.72. The van der Waals surface area contributed by atoms with Gasteiger partial charge < -0.3 is 24.6 Å². The summed E-state index contributed by atoms with van der Waals surface area (Å²) < 4.78 is 42.7. The average Bonchev–Trinajstić information content (AvgIpc) is 2.95. The number of carbonyl (C=O) groups excluding carboxylic acids is 1. The highest BCUT2D eigenvalue weighted by molar-refractivity contribution is 7.88. The van der Waals surface area contributed by atoms with Crippen LogP contribution in [-0.4, -0.2) is 59.2 Å². The van der Waals surface area contributed by atoms with Crippen molar-refractivity contribution in [2.24, 2.45) is 0 Å². The first kappa shape index (κ1) is 23.7. The minimum atomic E-state index is -3.61. The third kappa shape index (κ3) is 4.76. The molecule has 9 nitrogen and oxygen atoms in total. The molecule has 3 rings (SSSR count). The van der Waals surface area contributed by atoms with Crippen LogP contribution in [0.2, 0.25) is 0 Å². The van der Waals surface area contributed by atoms with E-state index in [0.717, 1.165) is 17.4 Å². The van der Waals surface area contributed by atoms with Crippen molar-refractivity contribution in [3.63, 3.8) is 0 Å². The highest BCUT2D eigenvalue weighted by atomic mass is 32.2. The first-order chi connectivity index (χ1) is 15.1. The summed E-state index contributed by atoms with van der Waals surface area (Å²) in [6, 6.07) is 1.46. The summed E-state index contributed by atoms with van der Waals surface area (Å²) in [6.45, 7) is 1.43. The number of hydrogen-bond donors (Lipinski definition) is 3. The van der Waals surface area contributed by atoms with E-state index < -0.39 is 22.2 Å². The molecule has 0 saturated carbocycles. The molecule has 0 aliphatic heterocycles. The summed E-state index contributed by atoms with van der Waals surface area (Å²) in [4.78, 5) is 11.9. The predicted molar refractivity (Wildman–Crippen MR) is 120 cm³/mol. The van der Waals surface area contributed by atoms with Gasteiger partial charge in [0.2, 0.25) is 21.7 Å². The van der Waals surface area contributed by atoms with Crippen LogP contribution in [0.5, 0.6) is 17.2 Å². The molecule has 2 atom stereocenters. The van der Waals surface area contributed by atoms with Crippen LogP contribution in [0.25, 0.3) is 5.57 Å². The number of nitrogens with one attached hydrogen (secondary N) is 2. The van der Waals surface area contributed by atoms with E-state index in [4.69, 9.17) is 14.2 Å². The summed E-state index contributed by atoms with van der Waals surface area (Å²) in [5, 5.41) is 13.7. The van der Waals surface area contributed by atoms with E-state index in [2.05, 4.69) is 10.0 Å². The Kier molecular flexibility index (Phi) is 6.85. The molecule has 0 unspecified atom stereocenters. The van der Waals surface area contributed by atoms with Crippen LogP contribution >= 0.6 is 0 Å². The molecule has 32 heavy (non-hydrogen) atoms. The molecule has 0 radical (unpaired) electrons. The lowest BCUT2D eigenvalue weighted by atomic mass is 9.91. The molecule has 0 bridgehead atoms. The van der Waals surface area contributed by atoms with E-state index in [1.54, 1.807) is 19.3 Å². The number of allylic oxidation sites excluding steroid dienone is 2. The Morgan fingerprint density at radius 3 is 2.38 bits per heavy atom. The number of aliphatic hydroxyl groups excluding tert-OH is 1. The molecule has 174 valence electrons. The number of hydrogen-bond acceptors (Lipinski definition) is 7. The van der Waals surface area contributed by atoms with E-state index >= 15 is 0 Å². The van der Waals surface area contributed by atoms with Crippen molar-refractivity contribution in [3.8, 4) is 17.2 Å². The summed E-state index contributed by atoms with van der Waals surface area (Å²) in [5.74, 6) is 1.15. The Hall–Kier alpha value is -2.98. The maximum Gasteiger partial charge on any atom is 0.229 e. The van der Waals surface area contributed by atoms with Gasteiger partial charge in [0.1, 0.15) is 6.10 Å². The third-order valence-corrected chi connectivity index (χ3v) is 5.94. The van der Waals surface area contributed by atoms with Crippen LogP contribution in [0.15, 0.2) is 35.6 Å². The van der Waals surface area contributed by atoms with Crippen LogP contribution in [0.3, 0.4) is 0 Å². The van der Waals surface area contributed by atoms with Crippen LogP contribution in [0.1, 0.15) is 24.5 Å². The summed E-state index contributed by atoms with van der Waals surface area (Å²) in [6.07, 6.45) is 5.71. The summed E-state index contributed by atoms with van der Waals surface area (Å²) in [7, 11) is 0.972. The number of benzene rings is 1. The van der Waals surface area contributed by atoms with E-state index in [1.807, 2.05) is 6.07 Å². The molecule has 0 heterocycles. The SMILES string of the molecule is COc1cc2c(c(OC)c1OC)C1=CC=C(NS(C)(=O)=O)[C@@H](O)C=C1[C@@H](NC(C)=O)CC2. The Bertz CT molecular complexity index is 1120. The Morgan fingerprint density at radius 2 is 1.81 bits per heavy atom. The van der Waals surface area contributed by atoms with Gasteiger partial charge in [0.25, 0.3) is 0 Å².